The molecular weight excluding hydrogens is 280 g/mol. The van der Waals surface area contributed by atoms with E-state index < -0.39 is 0 Å². The van der Waals surface area contributed by atoms with Crippen LogP contribution in [0.5, 0.6) is 0 Å². The summed E-state index contributed by atoms with van der Waals surface area (Å²) in [5, 5.41) is 0. The van der Waals surface area contributed by atoms with E-state index in [0.29, 0.717) is 0 Å². The van der Waals surface area contributed by atoms with Gasteiger partial charge in [-0.1, -0.05) is 50.3 Å². The molecule has 0 amide bonds. The highest BCUT2D eigenvalue weighted by atomic mass is 15.2. The molecular formula is C21H24N2. The summed E-state index contributed by atoms with van der Waals surface area (Å²) in [6, 6.07) is 8.65. The van der Waals surface area contributed by atoms with E-state index in [9.17, 15) is 0 Å². The molecule has 1 aromatic rings. The van der Waals surface area contributed by atoms with E-state index in [1.54, 1.807) is 0 Å². The van der Waals surface area contributed by atoms with Gasteiger partial charge in [0.05, 0.1) is 5.71 Å². The minimum absolute atomic E-state index is 0.0271. The van der Waals surface area contributed by atoms with Crippen LogP contribution in [0.3, 0.4) is 0 Å². The molecule has 0 unspecified atom stereocenters. The van der Waals surface area contributed by atoms with Crippen molar-refractivity contribution in [2.75, 3.05) is 18.5 Å². The van der Waals surface area contributed by atoms with Crippen molar-refractivity contribution >= 4 is 11.4 Å². The average Bonchev–Trinajstić information content (AvgIpc) is 2.75. The first kappa shape index (κ1) is 15.5. The lowest BCUT2D eigenvalue weighted by molar-refractivity contribution is 0.640. The molecule has 0 fully saturated rings. The Labute approximate surface area is 139 Å². The zero-order valence-corrected chi connectivity index (χ0v) is 14.4. The molecule has 0 radical (unpaired) electrons. The number of rotatable bonds is 2. The lowest BCUT2D eigenvalue weighted by Crippen LogP contribution is -2.22. The van der Waals surface area contributed by atoms with Crippen molar-refractivity contribution in [3.05, 3.63) is 77.6 Å². The highest BCUT2D eigenvalue weighted by Gasteiger charge is 2.37. The van der Waals surface area contributed by atoms with Crippen molar-refractivity contribution in [3.63, 3.8) is 0 Å². The Kier molecular flexibility index (Phi) is 4.08. The zero-order valence-electron chi connectivity index (χ0n) is 14.4. The van der Waals surface area contributed by atoms with E-state index in [0.717, 1.165) is 12.3 Å². The largest absolute Gasteiger partial charge is 0.347 e. The number of fused-ring (bicyclic) bond motifs is 1. The fourth-order valence-electron chi connectivity index (χ4n) is 3.35. The van der Waals surface area contributed by atoms with Gasteiger partial charge in [-0.15, -0.1) is 0 Å². The number of allylic oxidation sites excluding steroid dienone is 8. The molecule has 0 aromatic heterocycles. The molecule has 3 rings (SSSR count). The van der Waals surface area contributed by atoms with Gasteiger partial charge in [-0.3, -0.25) is 4.99 Å². The zero-order chi connectivity index (χ0) is 16.4. The van der Waals surface area contributed by atoms with Gasteiger partial charge in [-0.25, -0.2) is 0 Å². The molecule has 0 bridgehead atoms. The van der Waals surface area contributed by atoms with E-state index in [1.165, 1.54) is 22.5 Å². The Morgan fingerprint density at radius 1 is 1.04 bits per heavy atom. The predicted molar refractivity (Wildman–Crippen MR) is 100 cm³/mol. The van der Waals surface area contributed by atoms with Gasteiger partial charge in [0.25, 0.3) is 0 Å². The average molecular weight is 304 g/mol. The monoisotopic (exact) mass is 304 g/mol. The second-order valence-electron chi connectivity index (χ2n) is 6.49. The molecule has 2 nitrogen and oxygen atoms in total. The van der Waals surface area contributed by atoms with E-state index >= 15 is 0 Å². The summed E-state index contributed by atoms with van der Waals surface area (Å²) in [5.41, 5.74) is 6.28. The minimum atomic E-state index is 0.0271. The van der Waals surface area contributed by atoms with Crippen LogP contribution < -0.4 is 4.90 Å². The number of anilines is 1. The summed E-state index contributed by atoms with van der Waals surface area (Å²) in [6.07, 6.45) is 12.8. The Morgan fingerprint density at radius 3 is 2.39 bits per heavy atom. The van der Waals surface area contributed by atoms with Crippen LogP contribution in [0, 0.1) is 0 Å². The van der Waals surface area contributed by atoms with Crippen LogP contribution in [0.15, 0.2) is 77.0 Å². The van der Waals surface area contributed by atoms with Crippen LogP contribution in [0.25, 0.3) is 0 Å². The lowest BCUT2D eigenvalue weighted by Gasteiger charge is -2.23. The third-order valence-corrected chi connectivity index (χ3v) is 4.61. The minimum Gasteiger partial charge on any atom is -0.347 e. The summed E-state index contributed by atoms with van der Waals surface area (Å²) >= 11 is 0. The molecule has 0 atom stereocenters. The molecule has 0 saturated heterocycles. The van der Waals surface area contributed by atoms with Gasteiger partial charge in [-0.2, -0.15) is 0 Å². The van der Waals surface area contributed by atoms with Gasteiger partial charge < -0.3 is 4.90 Å². The summed E-state index contributed by atoms with van der Waals surface area (Å²) in [6.45, 7) is 7.46. The normalized spacial score (nSPS) is 20.2. The number of hydrogen-bond donors (Lipinski definition) is 0. The lowest BCUT2D eigenvalue weighted by atomic mass is 9.83. The summed E-state index contributed by atoms with van der Waals surface area (Å²) in [5.74, 6) is 0. The number of benzene rings is 1. The number of nitrogens with zero attached hydrogens (tertiary/aromatic N) is 2. The highest BCUT2D eigenvalue weighted by molar-refractivity contribution is 6.05. The molecule has 1 aliphatic carbocycles. The van der Waals surface area contributed by atoms with Crippen molar-refractivity contribution in [1.82, 2.24) is 0 Å². The Balaban J connectivity index is 1.90. The van der Waals surface area contributed by atoms with Gasteiger partial charge in [0.2, 0.25) is 0 Å². The molecule has 1 aliphatic heterocycles. The van der Waals surface area contributed by atoms with Crippen molar-refractivity contribution in [2.24, 2.45) is 4.99 Å². The fraction of sp³-hybridized carbons (Fsp3) is 0.286. The van der Waals surface area contributed by atoms with E-state index in [1.807, 2.05) is 0 Å². The highest BCUT2D eigenvalue weighted by Crippen LogP contribution is 2.46. The topological polar surface area (TPSA) is 15.6 Å². The van der Waals surface area contributed by atoms with Crippen LogP contribution in [-0.2, 0) is 5.41 Å². The maximum absolute atomic E-state index is 4.41. The number of aliphatic imine (C=N–C) groups is 1. The maximum Gasteiger partial charge on any atom is 0.0574 e. The van der Waals surface area contributed by atoms with Crippen molar-refractivity contribution in [3.8, 4) is 0 Å². The second kappa shape index (κ2) is 6.04. The molecule has 0 spiro atoms. The van der Waals surface area contributed by atoms with Gasteiger partial charge in [0, 0.05) is 30.4 Å². The number of likely N-dealkylation sites (N-methyl/N-ethyl adjacent to an activating group) is 1. The van der Waals surface area contributed by atoms with Crippen molar-refractivity contribution in [1.29, 1.82) is 0 Å². The molecule has 2 heteroatoms. The molecule has 1 heterocycles. The predicted octanol–water partition coefficient (Wildman–Crippen LogP) is 4.81. The summed E-state index contributed by atoms with van der Waals surface area (Å²) in [7, 11) is 2.15. The van der Waals surface area contributed by atoms with Gasteiger partial charge in [0.1, 0.15) is 0 Å². The van der Waals surface area contributed by atoms with Crippen molar-refractivity contribution in [2.45, 2.75) is 26.2 Å². The smallest absolute Gasteiger partial charge is 0.0574 e. The van der Waals surface area contributed by atoms with E-state index in [2.05, 4.69) is 98.4 Å². The Bertz CT molecular complexity index is 740. The molecule has 0 saturated carbocycles. The fourth-order valence-corrected chi connectivity index (χ4v) is 3.35. The quantitative estimate of drug-likeness (QED) is 0.765. The maximum atomic E-state index is 4.41. The van der Waals surface area contributed by atoms with Gasteiger partial charge in [0.15, 0.2) is 0 Å². The third-order valence-electron chi connectivity index (χ3n) is 4.61. The standard InChI is InChI=1S/C21H24N2/c1-5-22-17-13-10-16(11-14-17)12-15-20-21(2,3)18-8-6-7-9-19(18)23(20)4/h6-15H,5H2,1-4H3. The van der Waals surface area contributed by atoms with Crippen LogP contribution in [-0.4, -0.2) is 19.3 Å². The third kappa shape index (κ3) is 2.81. The molecule has 118 valence electrons. The van der Waals surface area contributed by atoms with Crippen molar-refractivity contribution < 1.29 is 0 Å². The molecule has 23 heavy (non-hydrogen) atoms. The van der Waals surface area contributed by atoms with E-state index in [-0.39, 0.29) is 5.41 Å². The summed E-state index contributed by atoms with van der Waals surface area (Å²) < 4.78 is 0. The van der Waals surface area contributed by atoms with Gasteiger partial charge in [-0.05, 0) is 42.4 Å². The van der Waals surface area contributed by atoms with Gasteiger partial charge >= 0.3 is 0 Å². The Hall–Kier alpha value is -2.35. The molecule has 2 aliphatic rings. The van der Waals surface area contributed by atoms with Crippen LogP contribution >= 0.6 is 0 Å². The second-order valence-corrected chi connectivity index (χ2v) is 6.49. The van der Waals surface area contributed by atoms with Crippen LogP contribution in [0.1, 0.15) is 26.3 Å². The molecule has 1 aromatic carbocycles. The first-order chi connectivity index (χ1) is 11.0. The summed E-state index contributed by atoms with van der Waals surface area (Å²) in [4.78, 5) is 6.71. The number of hydrogen-bond acceptors (Lipinski definition) is 2. The van der Waals surface area contributed by atoms with Crippen LogP contribution in [0.4, 0.5) is 5.69 Å². The Morgan fingerprint density at radius 2 is 1.74 bits per heavy atom. The van der Waals surface area contributed by atoms with Crippen LogP contribution in [0.2, 0.25) is 0 Å². The van der Waals surface area contributed by atoms with E-state index in [4.69, 9.17) is 0 Å². The SMILES string of the molecule is CCN=C1C=CC(=CC=C2N(C)c3ccccc3C2(C)C)C=C1. The first-order valence-corrected chi connectivity index (χ1v) is 8.20. The molecule has 0 N–H and O–H groups in total. The first-order valence-electron chi connectivity index (χ1n) is 8.20. The number of para-hydroxylation sites is 1.